The van der Waals surface area contributed by atoms with Crippen molar-refractivity contribution in [1.29, 1.82) is 5.26 Å². The maximum absolute atomic E-state index is 10.2. The van der Waals surface area contributed by atoms with E-state index < -0.39 is 12.0 Å². The van der Waals surface area contributed by atoms with Gasteiger partial charge in [0.25, 0.3) is 0 Å². The molecule has 0 fully saturated rings. The number of rotatable bonds is 1. The number of nitrogens with zero attached hydrogens (tertiary/aromatic N) is 1. The average molecular weight is 249 g/mol. The topological polar surface area (TPSA) is 44.0 Å². The number of aliphatic hydroxyl groups is 1. The molecule has 0 radical (unpaired) electrons. The van der Waals surface area contributed by atoms with E-state index in [0.29, 0.717) is 6.42 Å². The van der Waals surface area contributed by atoms with Crippen LogP contribution < -0.4 is 0 Å². The SMILES string of the molecule is N#CC1c2ccccc2C(c2ccccc2)CC1O. The first-order valence-electron chi connectivity index (χ1n) is 6.52. The van der Waals surface area contributed by atoms with E-state index in [1.165, 1.54) is 11.1 Å². The molecular weight excluding hydrogens is 234 g/mol. The Morgan fingerprint density at radius 3 is 2.26 bits per heavy atom. The van der Waals surface area contributed by atoms with Crippen molar-refractivity contribution in [3.8, 4) is 6.07 Å². The first-order chi connectivity index (χ1) is 9.31. The molecular formula is C17H15NO. The fraction of sp³-hybridized carbons (Fsp3) is 0.235. The van der Waals surface area contributed by atoms with E-state index in [0.717, 1.165) is 5.56 Å². The average Bonchev–Trinajstić information content (AvgIpc) is 2.47. The van der Waals surface area contributed by atoms with Gasteiger partial charge >= 0.3 is 0 Å². The predicted molar refractivity (Wildman–Crippen MR) is 73.7 cm³/mol. The van der Waals surface area contributed by atoms with Crippen LogP contribution in [0, 0.1) is 11.3 Å². The summed E-state index contributed by atoms with van der Waals surface area (Å²) < 4.78 is 0. The van der Waals surface area contributed by atoms with Gasteiger partial charge in [0.1, 0.15) is 0 Å². The van der Waals surface area contributed by atoms with E-state index in [1.54, 1.807) is 0 Å². The maximum Gasteiger partial charge on any atom is 0.0974 e. The van der Waals surface area contributed by atoms with Gasteiger partial charge in [-0.1, -0.05) is 54.6 Å². The quantitative estimate of drug-likeness (QED) is 0.843. The summed E-state index contributed by atoms with van der Waals surface area (Å²) in [6, 6.07) is 20.4. The molecule has 19 heavy (non-hydrogen) atoms. The predicted octanol–water partition coefficient (Wildman–Crippen LogP) is 3.19. The molecule has 0 spiro atoms. The molecule has 0 aromatic heterocycles. The second-order valence-electron chi connectivity index (χ2n) is 5.00. The van der Waals surface area contributed by atoms with Crippen LogP contribution >= 0.6 is 0 Å². The van der Waals surface area contributed by atoms with Crippen LogP contribution in [0.4, 0.5) is 0 Å². The molecule has 3 rings (SSSR count). The minimum Gasteiger partial charge on any atom is -0.391 e. The Balaban J connectivity index is 2.12. The number of benzene rings is 2. The lowest BCUT2D eigenvalue weighted by atomic mass is 9.73. The molecule has 1 aliphatic carbocycles. The second-order valence-corrected chi connectivity index (χ2v) is 5.00. The minimum atomic E-state index is -0.592. The molecule has 0 saturated heterocycles. The van der Waals surface area contributed by atoms with Crippen LogP contribution in [0.2, 0.25) is 0 Å². The van der Waals surface area contributed by atoms with Gasteiger partial charge in [-0.25, -0.2) is 0 Å². The number of nitriles is 1. The highest BCUT2D eigenvalue weighted by Gasteiger charge is 2.34. The molecule has 3 unspecified atom stereocenters. The van der Waals surface area contributed by atoms with Crippen molar-refractivity contribution >= 4 is 0 Å². The molecule has 1 aliphatic rings. The van der Waals surface area contributed by atoms with E-state index in [4.69, 9.17) is 0 Å². The molecule has 2 aromatic carbocycles. The molecule has 2 nitrogen and oxygen atoms in total. The number of hydrogen-bond donors (Lipinski definition) is 1. The van der Waals surface area contributed by atoms with Crippen LogP contribution in [0.3, 0.4) is 0 Å². The van der Waals surface area contributed by atoms with Crippen molar-refractivity contribution in [3.63, 3.8) is 0 Å². The first-order valence-corrected chi connectivity index (χ1v) is 6.52. The van der Waals surface area contributed by atoms with E-state index in [2.05, 4.69) is 24.3 Å². The van der Waals surface area contributed by atoms with E-state index in [9.17, 15) is 10.4 Å². The lowest BCUT2D eigenvalue weighted by Gasteiger charge is -2.32. The third-order valence-electron chi connectivity index (χ3n) is 3.91. The van der Waals surface area contributed by atoms with Gasteiger partial charge in [-0.3, -0.25) is 0 Å². The van der Waals surface area contributed by atoms with Crippen molar-refractivity contribution in [1.82, 2.24) is 0 Å². The Bertz CT molecular complexity index is 615. The highest BCUT2D eigenvalue weighted by molar-refractivity contribution is 5.45. The Hall–Kier alpha value is -2.11. The van der Waals surface area contributed by atoms with E-state index in [-0.39, 0.29) is 5.92 Å². The van der Waals surface area contributed by atoms with Crippen LogP contribution in [-0.2, 0) is 0 Å². The van der Waals surface area contributed by atoms with Crippen molar-refractivity contribution in [2.45, 2.75) is 24.4 Å². The van der Waals surface area contributed by atoms with Gasteiger partial charge in [-0.15, -0.1) is 0 Å². The lowest BCUT2D eigenvalue weighted by Crippen LogP contribution is -2.27. The van der Waals surface area contributed by atoms with Gasteiger partial charge < -0.3 is 5.11 Å². The van der Waals surface area contributed by atoms with Crippen LogP contribution in [0.25, 0.3) is 0 Å². The highest BCUT2D eigenvalue weighted by atomic mass is 16.3. The van der Waals surface area contributed by atoms with Gasteiger partial charge in [-0.05, 0) is 23.1 Å². The van der Waals surface area contributed by atoms with Gasteiger partial charge in [0.05, 0.1) is 18.1 Å². The Labute approximate surface area is 112 Å². The Morgan fingerprint density at radius 1 is 0.947 bits per heavy atom. The molecule has 2 heteroatoms. The second kappa shape index (κ2) is 4.87. The zero-order valence-electron chi connectivity index (χ0n) is 10.5. The standard InChI is InChI=1S/C17H15NO/c18-11-16-14-9-5-4-8-13(14)15(10-17(16)19)12-6-2-1-3-7-12/h1-9,15-17,19H,10H2. The summed E-state index contributed by atoms with van der Waals surface area (Å²) in [4.78, 5) is 0. The highest BCUT2D eigenvalue weighted by Crippen LogP contribution is 2.41. The van der Waals surface area contributed by atoms with Crippen LogP contribution in [-0.4, -0.2) is 11.2 Å². The summed E-state index contributed by atoms with van der Waals surface area (Å²) in [5.74, 6) is -0.229. The number of fused-ring (bicyclic) bond motifs is 1. The minimum absolute atomic E-state index is 0.178. The summed E-state index contributed by atoms with van der Waals surface area (Å²) in [6.07, 6.45) is 0.0179. The molecule has 3 atom stereocenters. The smallest absolute Gasteiger partial charge is 0.0974 e. The fourth-order valence-electron chi connectivity index (χ4n) is 2.98. The molecule has 0 aliphatic heterocycles. The Morgan fingerprint density at radius 2 is 1.58 bits per heavy atom. The van der Waals surface area contributed by atoms with Crippen LogP contribution in [0.5, 0.6) is 0 Å². The van der Waals surface area contributed by atoms with Gasteiger partial charge in [0.15, 0.2) is 0 Å². The first kappa shape index (κ1) is 12.0. The monoisotopic (exact) mass is 249 g/mol. The summed E-state index contributed by atoms with van der Waals surface area (Å²) in [5.41, 5.74) is 3.34. The third kappa shape index (κ3) is 2.03. The van der Waals surface area contributed by atoms with Gasteiger partial charge in [-0.2, -0.15) is 5.26 Å². The largest absolute Gasteiger partial charge is 0.391 e. The third-order valence-corrected chi connectivity index (χ3v) is 3.91. The summed E-state index contributed by atoms with van der Waals surface area (Å²) in [7, 11) is 0. The molecule has 94 valence electrons. The fourth-order valence-corrected chi connectivity index (χ4v) is 2.98. The maximum atomic E-state index is 10.2. The number of aliphatic hydroxyl groups excluding tert-OH is 1. The van der Waals surface area contributed by atoms with Crippen molar-refractivity contribution < 1.29 is 5.11 Å². The van der Waals surface area contributed by atoms with Gasteiger partial charge in [0, 0.05) is 5.92 Å². The zero-order valence-corrected chi connectivity index (χ0v) is 10.5. The summed E-state index contributed by atoms with van der Waals surface area (Å²) in [6.45, 7) is 0. The van der Waals surface area contributed by atoms with Gasteiger partial charge in [0.2, 0.25) is 0 Å². The van der Waals surface area contributed by atoms with Crippen molar-refractivity contribution in [2.24, 2.45) is 0 Å². The van der Waals surface area contributed by atoms with Crippen molar-refractivity contribution in [2.75, 3.05) is 0 Å². The lowest BCUT2D eigenvalue weighted by molar-refractivity contribution is 0.138. The molecule has 0 bridgehead atoms. The van der Waals surface area contributed by atoms with Crippen LogP contribution in [0.15, 0.2) is 54.6 Å². The van der Waals surface area contributed by atoms with Crippen molar-refractivity contribution in [3.05, 3.63) is 71.3 Å². The number of hydrogen-bond acceptors (Lipinski definition) is 2. The zero-order chi connectivity index (χ0) is 13.2. The molecule has 1 N–H and O–H groups in total. The molecule has 0 heterocycles. The van der Waals surface area contributed by atoms with E-state index >= 15 is 0 Å². The summed E-state index contributed by atoms with van der Waals surface area (Å²) in [5, 5.41) is 19.5. The molecule has 2 aromatic rings. The molecule has 0 amide bonds. The van der Waals surface area contributed by atoms with E-state index in [1.807, 2.05) is 36.4 Å². The Kier molecular flexibility index (Phi) is 3.06. The normalized spacial score (nSPS) is 25.4. The van der Waals surface area contributed by atoms with Crippen LogP contribution in [0.1, 0.15) is 34.9 Å². The summed E-state index contributed by atoms with van der Waals surface area (Å²) >= 11 is 0. The molecule has 0 saturated carbocycles.